The zero-order valence-corrected chi connectivity index (χ0v) is 14.4. The number of thioether (sulfide) groups is 1. The van der Waals surface area contributed by atoms with Crippen LogP contribution in [0.4, 0.5) is 0 Å². The van der Waals surface area contributed by atoms with Crippen LogP contribution in [0, 0.1) is 22.7 Å². The molecule has 2 aromatic rings. The molecule has 8 heteroatoms. The summed E-state index contributed by atoms with van der Waals surface area (Å²) in [5.41, 5.74) is 0.977. The molecule has 2 rings (SSSR count). The van der Waals surface area contributed by atoms with Crippen molar-refractivity contribution in [2.24, 2.45) is 5.92 Å². The van der Waals surface area contributed by atoms with Crippen LogP contribution in [0.25, 0.3) is 11.4 Å². The fourth-order valence-electron chi connectivity index (χ4n) is 2.16. The second-order valence-corrected chi connectivity index (χ2v) is 6.14. The van der Waals surface area contributed by atoms with E-state index in [0.29, 0.717) is 5.16 Å². The maximum absolute atomic E-state index is 12.1. The Bertz CT molecular complexity index is 765. The number of carbonyl (C=O) groups is 1. The van der Waals surface area contributed by atoms with E-state index < -0.39 is 5.92 Å². The molecular weight excluding hydrogens is 324 g/mol. The van der Waals surface area contributed by atoms with Crippen molar-refractivity contribution in [2.75, 3.05) is 5.75 Å². The van der Waals surface area contributed by atoms with E-state index in [1.165, 1.54) is 18.7 Å². The summed E-state index contributed by atoms with van der Waals surface area (Å²) in [5.74, 6) is -0.451. The third-order valence-corrected chi connectivity index (χ3v) is 4.32. The summed E-state index contributed by atoms with van der Waals surface area (Å²) in [6.07, 6.45) is 4.29. The van der Waals surface area contributed by atoms with Crippen LogP contribution in [0.15, 0.2) is 29.7 Å². The number of pyridine rings is 1. The number of hydrogen-bond acceptors (Lipinski definition) is 7. The molecule has 0 unspecified atom stereocenters. The van der Waals surface area contributed by atoms with Crippen molar-refractivity contribution in [3.63, 3.8) is 0 Å². The van der Waals surface area contributed by atoms with E-state index in [-0.39, 0.29) is 17.2 Å². The number of nitrogens with one attached hydrogen (secondary N) is 1. The van der Waals surface area contributed by atoms with Crippen LogP contribution in [0.1, 0.15) is 20.3 Å². The number of aromatic nitrogens is 4. The van der Waals surface area contributed by atoms with Crippen molar-refractivity contribution in [3.8, 4) is 17.5 Å². The Hall–Kier alpha value is -2.53. The van der Waals surface area contributed by atoms with Crippen molar-refractivity contribution in [1.82, 2.24) is 19.7 Å². The molecule has 0 bridgehead atoms. The van der Waals surface area contributed by atoms with Gasteiger partial charge in [0, 0.05) is 30.2 Å². The average Bonchev–Trinajstić information content (AvgIpc) is 2.97. The second kappa shape index (κ2) is 8.36. The minimum Gasteiger partial charge on any atom is -0.308 e. The van der Waals surface area contributed by atoms with Gasteiger partial charge in [0.15, 0.2) is 16.8 Å². The van der Waals surface area contributed by atoms with Crippen molar-refractivity contribution < 1.29 is 4.79 Å². The molecule has 0 radical (unpaired) electrons. The molecule has 1 N–H and O–H groups in total. The van der Waals surface area contributed by atoms with Gasteiger partial charge in [-0.3, -0.25) is 9.78 Å². The summed E-state index contributed by atoms with van der Waals surface area (Å²) >= 11 is 1.25. The summed E-state index contributed by atoms with van der Waals surface area (Å²) in [6, 6.07) is 5.59. The fourth-order valence-corrected chi connectivity index (χ4v) is 3.03. The van der Waals surface area contributed by atoms with Crippen molar-refractivity contribution in [1.29, 1.82) is 10.7 Å². The molecular formula is C16H18N6OS. The van der Waals surface area contributed by atoms with Gasteiger partial charge in [-0.25, -0.2) is 0 Å². The van der Waals surface area contributed by atoms with Gasteiger partial charge in [-0.1, -0.05) is 18.7 Å². The van der Waals surface area contributed by atoms with Gasteiger partial charge in [-0.15, -0.1) is 10.2 Å². The van der Waals surface area contributed by atoms with Gasteiger partial charge in [-0.05, 0) is 25.5 Å². The van der Waals surface area contributed by atoms with E-state index in [1.54, 1.807) is 12.4 Å². The Morgan fingerprint density at radius 3 is 2.71 bits per heavy atom. The Labute approximate surface area is 144 Å². The normalized spacial score (nSPS) is 11.7. The Balaban J connectivity index is 2.19. The Morgan fingerprint density at radius 2 is 2.12 bits per heavy atom. The number of carbonyl (C=O) groups excluding carboxylic acids is 1. The molecule has 2 heterocycles. The largest absolute Gasteiger partial charge is 0.308 e. The smallest absolute Gasteiger partial charge is 0.191 e. The summed E-state index contributed by atoms with van der Waals surface area (Å²) in [4.78, 5) is 16.1. The first kappa shape index (κ1) is 17.8. The lowest BCUT2D eigenvalue weighted by Gasteiger charge is -2.09. The van der Waals surface area contributed by atoms with Crippen LogP contribution in [0.2, 0.25) is 0 Å². The van der Waals surface area contributed by atoms with Crippen LogP contribution < -0.4 is 0 Å². The van der Waals surface area contributed by atoms with E-state index in [2.05, 4.69) is 22.1 Å². The topological polar surface area (TPSA) is 108 Å². The molecule has 124 valence electrons. The van der Waals surface area contributed by atoms with Crippen LogP contribution in [-0.2, 0) is 11.3 Å². The van der Waals surface area contributed by atoms with Crippen LogP contribution in [0.5, 0.6) is 0 Å². The monoisotopic (exact) mass is 342 g/mol. The van der Waals surface area contributed by atoms with Crippen molar-refractivity contribution in [2.45, 2.75) is 32.0 Å². The number of rotatable bonds is 8. The van der Waals surface area contributed by atoms with Crippen LogP contribution in [0.3, 0.4) is 0 Å². The Kier molecular flexibility index (Phi) is 6.21. The third-order valence-electron chi connectivity index (χ3n) is 3.33. The molecule has 0 fully saturated rings. The molecule has 0 saturated heterocycles. The van der Waals surface area contributed by atoms with Gasteiger partial charge in [0.2, 0.25) is 0 Å². The number of hydrogen-bond donors (Lipinski definition) is 1. The maximum atomic E-state index is 12.1. The molecule has 0 aliphatic carbocycles. The number of ketones is 1. The van der Waals surface area contributed by atoms with Gasteiger partial charge >= 0.3 is 0 Å². The predicted molar refractivity (Wildman–Crippen MR) is 91.8 cm³/mol. The maximum Gasteiger partial charge on any atom is 0.191 e. The standard InChI is InChI=1S/C16H18N6OS/c1-3-8-22-15(12-4-6-19-7-5-12)20-21-16(22)24-10-14(23)13(9-17)11(2)18/h4-7,13,18H,3,8,10H2,1-2H3/t13-/m0/s1. The highest BCUT2D eigenvalue weighted by atomic mass is 32.2. The van der Waals surface area contributed by atoms with Gasteiger partial charge in [-0.2, -0.15) is 5.26 Å². The van der Waals surface area contributed by atoms with E-state index in [1.807, 2.05) is 22.8 Å². The average molecular weight is 342 g/mol. The number of Topliss-reactive ketones (excluding diaryl/α,β-unsaturated/α-hetero) is 1. The highest BCUT2D eigenvalue weighted by Crippen LogP contribution is 2.24. The molecule has 0 spiro atoms. The van der Waals surface area contributed by atoms with Crippen LogP contribution >= 0.6 is 11.8 Å². The van der Waals surface area contributed by atoms with E-state index in [9.17, 15) is 4.79 Å². The lowest BCUT2D eigenvalue weighted by atomic mass is 10.0. The molecule has 0 aromatic carbocycles. The lowest BCUT2D eigenvalue weighted by Crippen LogP contribution is -2.21. The first-order valence-corrected chi connectivity index (χ1v) is 8.50. The first-order chi connectivity index (χ1) is 11.6. The van der Waals surface area contributed by atoms with Crippen molar-refractivity contribution in [3.05, 3.63) is 24.5 Å². The lowest BCUT2D eigenvalue weighted by molar-refractivity contribution is -0.117. The van der Waals surface area contributed by atoms with E-state index >= 15 is 0 Å². The van der Waals surface area contributed by atoms with Gasteiger partial charge in [0.05, 0.1) is 11.8 Å². The molecule has 0 saturated carbocycles. The summed E-state index contributed by atoms with van der Waals surface area (Å²) < 4.78 is 1.96. The quantitative estimate of drug-likeness (QED) is 0.583. The molecule has 0 aliphatic heterocycles. The van der Waals surface area contributed by atoms with Crippen LogP contribution in [-0.4, -0.2) is 37.0 Å². The highest BCUT2D eigenvalue weighted by molar-refractivity contribution is 7.99. The zero-order valence-electron chi connectivity index (χ0n) is 13.6. The summed E-state index contributed by atoms with van der Waals surface area (Å²) in [7, 11) is 0. The molecule has 1 atom stereocenters. The van der Waals surface area contributed by atoms with Gasteiger partial charge in [0.1, 0.15) is 5.92 Å². The molecule has 24 heavy (non-hydrogen) atoms. The zero-order chi connectivity index (χ0) is 17.5. The third kappa shape index (κ3) is 4.06. The minimum atomic E-state index is -0.986. The molecule has 7 nitrogen and oxygen atoms in total. The minimum absolute atomic E-state index is 0.0654. The second-order valence-electron chi connectivity index (χ2n) is 5.19. The fraction of sp³-hybridized carbons (Fsp3) is 0.375. The predicted octanol–water partition coefficient (Wildman–Crippen LogP) is 2.59. The van der Waals surface area contributed by atoms with E-state index in [0.717, 1.165) is 24.4 Å². The first-order valence-electron chi connectivity index (χ1n) is 7.52. The van der Waals surface area contributed by atoms with Gasteiger partial charge < -0.3 is 9.98 Å². The summed E-state index contributed by atoms with van der Waals surface area (Å²) in [6.45, 7) is 4.25. The highest BCUT2D eigenvalue weighted by Gasteiger charge is 2.22. The molecule has 2 aromatic heterocycles. The summed E-state index contributed by atoms with van der Waals surface area (Å²) in [5, 5.41) is 25.5. The Morgan fingerprint density at radius 1 is 1.42 bits per heavy atom. The molecule has 0 amide bonds. The SMILES string of the molecule is CCCn1c(SCC(=O)[C@@H](C#N)C(C)=N)nnc1-c1ccncc1. The van der Waals surface area contributed by atoms with Crippen molar-refractivity contribution >= 4 is 23.3 Å². The molecule has 0 aliphatic rings. The van der Waals surface area contributed by atoms with E-state index in [4.69, 9.17) is 10.7 Å². The van der Waals surface area contributed by atoms with Gasteiger partial charge in [0.25, 0.3) is 0 Å². The number of nitriles is 1. The number of nitrogens with zero attached hydrogens (tertiary/aromatic N) is 5.